The van der Waals surface area contributed by atoms with Crippen molar-refractivity contribution in [1.29, 1.82) is 0 Å². The Morgan fingerprint density at radius 2 is 0.869 bits per heavy atom. The number of benzene rings is 4. The van der Waals surface area contributed by atoms with Gasteiger partial charge in [-0.05, 0) is 219 Å². The summed E-state index contributed by atoms with van der Waals surface area (Å²) in [6.45, 7) is 23.8. The highest BCUT2D eigenvalue weighted by Crippen LogP contribution is 2.51. The first-order valence-electron chi connectivity index (χ1n) is 36.2. The van der Waals surface area contributed by atoms with Gasteiger partial charge in [0.15, 0.2) is 0 Å². The fourth-order valence-corrected chi connectivity index (χ4v) is 13.8. The third kappa shape index (κ3) is 17.1. The van der Waals surface area contributed by atoms with Crippen molar-refractivity contribution in [1.82, 2.24) is 0 Å². The molecule has 21 nitrogen and oxygen atoms in total. The predicted molar refractivity (Wildman–Crippen MR) is 410 cm³/mol. The number of ether oxygens (including phenoxy) is 10. The van der Waals surface area contributed by atoms with E-state index in [1.165, 1.54) is 12.1 Å². The molecular weight excluding hydrogens is 1370 g/mol. The first-order valence-corrected chi connectivity index (χ1v) is 36.2. The molecule has 568 valence electrons. The number of hydrogen-bond acceptors (Lipinski definition) is 21. The molecule has 0 saturated carbocycles. The van der Waals surface area contributed by atoms with E-state index >= 15 is 0 Å². The average molecular weight is 1470 g/mol. The molecule has 0 radical (unpaired) electrons. The zero-order chi connectivity index (χ0) is 75.1. The molecule has 2 saturated heterocycles. The fraction of sp³-hybridized carbons (Fsp3) is 0.419. The molecule has 2 fully saturated rings. The Kier molecular flexibility index (Phi) is 22.4. The molecule has 2 spiro atoms. The van der Waals surface area contributed by atoms with Gasteiger partial charge in [-0.1, -0.05) is 41.9 Å². The van der Waals surface area contributed by atoms with Crippen molar-refractivity contribution in [3.8, 4) is 34.5 Å². The maximum atomic E-state index is 11.8. The lowest BCUT2D eigenvalue weighted by atomic mass is 9.96. The lowest BCUT2D eigenvalue weighted by Gasteiger charge is -2.30. The molecule has 5 aromatic heterocycles. The molecule has 0 bridgehead atoms. The molecule has 6 unspecified atom stereocenters. The van der Waals surface area contributed by atoms with Gasteiger partial charge in [0.25, 0.3) is 0 Å². The van der Waals surface area contributed by atoms with Crippen LogP contribution in [0, 0.1) is 0 Å². The van der Waals surface area contributed by atoms with E-state index in [-0.39, 0.29) is 25.3 Å². The molecule has 6 atom stereocenters. The van der Waals surface area contributed by atoms with Gasteiger partial charge in [0.2, 0.25) is 0 Å². The van der Waals surface area contributed by atoms with Crippen LogP contribution in [0.5, 0.6) is 34.5 Å². The van der Waals surface area contributed by atoms with Crippen LogP contribution in [-0.2, 0) is 25.4 Å². The first kappa shape index (κ1) is 77.2. The second-order valence-corrected chi connectivity index (χ2v) is 30.3. The second-order valence-electron chi connectivity index (χ2n) is 30.3. The molecule has 4 aliphatic heterocycles. The molecule has 1 aliphatic carbocycles. The van der Waals surface area contributed by atoms with Gasteiger partial charge in [-0.25, -0.2) is 9.59 Å². The number of aliphatic hydroxyl groups excluding tert-OH is 2. The number of rotatable bonds is 26. The Morgan fingerprint density at radius 1 is 0.495 bits per heavy atom. The largest absolute Gasteiger partial charge is 0.488 e. The van der Waals surface area contributed by atoms with Crippen molar-refractivity contribution in [2.24, 2.45) is 0 Å². The summed E-state index contributed by atoms with van der Waals surface area (Å²) in [6, 6.07) is 19.1. The SMILES string of the molecule is C.C/C(=C\COc1c2c(cc3occc13)OC1(C=C2)OC(CC/C(C)=C/COc2c3c(cc4oc(=O)ccc24)CC=C3)C(C)(C)O1)CCC(O)C(C)(C)O.C/C(=C\COc1c2c(cc3occc13)OC1(C=C2)OC(CC/C(C)=C/COc2c3ccoc3cc3oc(=O)ccc23)C(C)(C)O1)CCC(O)C(C)(C)O. The Morgan fingerprint density at radius 3 is 1.31 bits per heavy atom. The van der Waals surface area contributed by atoms with E-state index in [0.717, 1.165) is 91.1 Å². The van der Waals surface area contributed by atoms with Crippen LogP contribution < -0.4 is 39.7 Å². The molecule has 0 amide bonds. The standard InChI is InChI=1S/C43H48O10.C42H46O11.CH4/c1-26(10-13-36(44)41(3,4)46)17-22-49-40-31-16-20-43(51-35(31)25-33-32(40)19-23-47-33)52-37(42(5,6)53-43)14-11-27(2)18-21-48-39-29-9-7-8-28(29)24-34-30(39)12-15-38(45)50-34;1-25(7-10-35(43)40(3,4)45)14-19-49-39-28-13-18-42(51-34(28)24-32-30(39)17-22-47-32)52-36(41(5,6)53-42)11-8-26(2)15-20-48-38-27-9-12-37(44)50-33(27)23-31-29(38)16-21-46-31;/h7,9,12,15-20,23-25,36-37,44,46H,8,10-11,13-14,21-22H2,1-6H3;9,12-18,21-24,35-36,43,45H,7-8,10-11,19-20H2,1-6H3;1H4/b26-17+,27-18+;25-14+,26-15+;. The Hall–Kier alpha value is -9.42. The topological polar surface area (TPSA) is 273 Å². The highest BCUT2D eigenvalue weighted by molar-refractivity contribution is 6.01. The van der Waals surface area contributed by atoms with E-state index in [9.17, 15) is 30.0 Å². The van der Waals surface area contributed by atoms with E-state index in [0.29, 0.717) is 127 Å². The maximum Gasteiger partial charge on any atom is 0.350 e. The normalized spacial score (nSPS) is 20.8. The Bertz CT molecular complexity index is 5100. The summed E-state index contributed by atoms with van der Waals surface area (Å²) in [5.41, 5.74) is 6.29. The lowest BCUT2D eigenvalue weighted by molar-refractivity contribution is -0.271. The van der Waals surface area contributed by atoms with Crippen LogP contribution in [0.1, 0.15) is 164 Å². The molecular formula is C86H98O21. The van der Waals surface area contributed by atoms with Crippen molar-refractivity contribution in [3.63, 3.8) is 0 Å². The van der Waals surface area contributed by atoms with Gasteiger partial charge in [-0.15, -0.1) is 0 Å². The van der Waals surface area contributed by atoms with Crippen molar-refractivity contribution < 1.29 is 89.9 Å². The number of furan rings is 3. The van der Waals surface area contributed by atoms with Gasteiger partial charge in [-0.2, -0.15) is 0 Å². The summed E-state index contributed by atoms with van der Waals surface area (Å²) in [6.07, 6.45) is 28.0. The summed E-state index contributed by atoms with van der Waals surface area (Å²) in [5, 5.41) is 44.4. The molecule has 4 aromatic carbocycles. The zero-order valence-corrected chi connectivity index (χ0v) is 62.1. The molecule has 9 aromatic rings. The number of allylic oxidation sites excluding steroid dienone is 5. The van der Waals surface area contributed by atoms with Crippen LogP contribution in [0.4, 0.5) is 0 Å². The third-order valence-corrected chi connectivity index (χ3v) is 20.2. The quantitative estimate of drug-likeness (QED) is 0.0290. The summed E-state index contributed by atoms with van der Waals surface area (Å²) < 4.78 is 92.1. The van der Waals surface area contributed by atoms with E-state index < -0.39 is 52.2 Å². The highest BCUT2D eigenvalue weighted by Gasteiger charge is 2.56. The third-order valence-electron chi connectivity index (χ3n) is 20.2. The van der Waals surface area contributed by atoms with E-state index in [1.807, 2.05) is 108 Å². The molecule has 21 heteroatoms. The highest BCUT2D eigenvalue weighted by atomic mass is 16.9. The summed E-state index contributed by atoms with van der Waals surface area (Å²) >= 11 is 0. The number of aliphatic hydroxyl groups is 4. The smallest absolute Gasteiger partial charge is 0.350 e. The minimum absolute atomic E-state index is 0. The molecule has 107 heavy (non-hydrogen) atoms. The van der Waals surface area contributed by atoms with Gasteiger partial charge in [0, 0.05) is 48.0 Å². The number of fused-ring (bicyclic) bond motifs is 8. The van der Waals surface area contributed by atoms with Gasteiger partial charge in [-0.3, -0.25) is 0 Å². The van der Waals surface area contributed by atoms with Crippen molar-refractivity contribution >= 4 is 73.1 Å². The lowest BCUT2D eigenvalue weighted by Crippen LogP contribution is -2.39. The van der Waals surface area contributed by atoms with Crippen LogP contribution >= 0.6 is 0 Å². The monoisotopic (exact) mass is 1470 g/mol. The predicted octanol–water partition coefficient (Wildman–Crippen LogP) is 17.6. The van der Waals surface area contributed by atoms with Crippen LogP contribution in [0.2, 0.25) is 0 Å². The number of hydrogen-bond donors (Lipinski definition) is 4. The Balaban J connectivity index is 0.000000198. The van der Waals surface area contributed by atoms with Gasteiger partial charge in [0.1, 0.15) is 88.8 Å². The van der Waals surface area contributed by atoms with Crippen molar-refractivity contribution in [3.05, 3.63) is 193 Å². The van der Waals surface area contributed by atoms with Crippen LogP contribution in [0.25, 0.3) is 73.1 Å². The summed E-state index contributed by atoms with van der Waals surface area (Å²) in [5.74, 6) is 0.788. The molecule has 14 rings (SSSR count). The summed E-state index contributed by atoms with van der Waals surface area (Å²) in [7, 11) is 0. The minimum Gasteiger partial charge on any atom is -0.488 e. The molecule has 5 aliphatic rings. The van der Waals surface area contributed by atoms with Crippen LogP contribution in [0.15, 0.2) is 182 Å². The summed E-state index contributed by atoms with van der Waals surface area (Å²) in [4.78, 5) is 23.7. The van der Waals surface area contributed by atoms with E-state index in [4.69, 9.17) is 69.5 Å². The first-order chi connectivity index (χ1) is 50.4. The zero-order valence-electron chi connectivity index (χ0n) is 62.1. The van der Waals surface area contributed by atoms with Crippen LogP contribution in [-0.4, -0.2) is 106 Å². The molecule has 9 heterocycles. The minimum atomic E-state index is -1.42. The average Bonchev–Trinajstić information content (AvgIpc) is 1.63. The maximum absolute atomic E-state index is 11.8. The van der Waals surface area contributed by atoms with Gasteiger partial charge in [0.05, 0.1) is 104 Å². The van der Waals surface area contributed by atoms with Crippen molar-refractivity contribution in [2.75, 3.05) is 26.4 Å². The van der Waals surface area contributed by atoms with E-state index in [1.54, 1.807) is 76.8 Å². The Labute approximate surface area is 621 Å². The molecule has 4 N–H and O–H groups in total. The van der Waals surface area contributed by atoms with E-state index in [2.05, 4.69) is 32.1 Å². The van der Waals surface area contributed by atoms with Gasteiger partial charge >= 0.3 is 23.2 Å². The second kappa shape index (κ2) is 31.0. The van der Waals surface area contributed by atoms with Crippen molar-refractivity contribution in [2.45, 2.75) is 207 Å². The van der Waals surface area contributed by atoms with Gasteiger partial charge < -0.3 is 89.9 Å². The van der Waals surface area contributed by atoms with Crippen LogP contribution in [0.3, 0.4) is 0 Å². The fourth-order valence-electron chi connectivity index (χ4n) is 13.8.